The first-order valence-electron chi connectivity index (χ1n) is 6.74. The summed E-state index contributed by atoms with van der Waals surface area (Å²) >= 11 is 1.79. The van der Waals surface area contributed by atoms with Gasteiger partial charge in [-0.25, -0.2) is 4.98 Å². The zero-order valence-electron chi connectivity index (χ0n) is 12.3. The highest BCUT2D eigenvalue weighted by atomic mass is 32.1. The molecule has 102 valence electrons. The molecule has 0 bridgehead atoms. The molecular weight excluding hydrogens is 252 g/mol. The van der Waals surface area contributed by atoms with Crippen LogP contribution in [0.3, 0.4) is 0 Å². The van der Waals surface area contributed by atoms with E-state index in [1.165, 1.54) is 16.0 Å². The lowest BCUT2D eigenvalue weighted by Gasteiger charge is -2.20. The van der Waals surface area contributed by atoms with Crippen LogP contribution in [0.2, 0.25) is 0 Å². The summed E-state index contributed by atoms with van der Waals surface area (Å²) < 4.78 is 0. The molecule has 3 heteroatoms. The smallest absolute Gasteiger partial charge is 0.0900 e. The molecule has 2 rings (SSSR count). The zero-order valence-corrected chi connectivity index (χ0v) is 13.1. The predicted octanol–water partition coefficient (Wildman–Crippen LogP) is 4.48. The van der Waals surface area contributed by atoms with Crippen molar-refractivity contribution in [3.05, 3.63) is 51.0 Å². The van der Waals surface area contributed by atoms with Crippen molar-refractivity contribution >= 4 is 11.3 Å². The van der Waals surface area contributed by atoms with E-state index in [4.69, 9.17) is 0 Å². The van der Waals surface area contributed by atoms with E-state index in [0.29, 0.717) is 12.1 Å². The number of hydrogen-bond donors (Lipinski definition) is 1. The first-order chi connectivity index (χ1) is 8.97. The van der Waals surface area contributed by atoms with Crippen LogP contribution in [-0.2, 0) is 0 Å². The van der Waals surface area contributed by atoms with Gasteiger partial charge in [0.1, 0.15) is 0 Å². The average molecular weight is 274 g/mol. The summed E-state index contributed by atoms with van der Waals surface area (Å²) in [6.45, 7) is 10.7. The van der Waals surface area contributed by atoms with E-state index in [-0.39, 0.29) is 0 Å². The molecular formula is C16H22N2S. The van der Waals surface area contributed by atoms with Crippen LogP contribution in [0, 0.1) is 20.8 Å². The molecule has 1 unspecified atom stereocenters. The van der Waals surface area contributed by atoms with Crippen LogP contribution in [0.1, 0.15) is 52.6 Å². The topological polar surface area (TPSA) is 24.9 Å². The van der Waals surface area contributed by atoms with Crippen LogP contribution >= 0.6 is 11.3 Å². The summed E-state index contributed by atoms with van der Waals surface area (Å²) in [6, 6.07) is 9.41. The molecule has 0 saturated carbocycles. The SMILES string of the molecule is Cc1ccc([C@H](C)NC(C)c2sc(C)nc2C)cc1. The summed E-state index contributed by atoms with van der Waals surface area (Å²) in [5.74, 6) is 0. The van der Waals surface area contributed by atoms with Crippen LogP contribution < -0.4 is 5.32 Å². The Hall–Kier alpha value is -1.19. The summed E-state index contributed by atoms with van der Waals surface area (Å²) in [5.41, 5.74) is 3.79. The molecule has 1 N–H and O–H groups in total. The van der Waals surface area contributed by atoms with Gasteiger partial charge in [0.15, 0.2) is 0 Å². The van der Waals surface area contributed by atoms with Crippen molar-refractivity contribution in [3.8, 4) is 0 Å². The molecule has 0 radical (unpaired) electrons. The van der Waals surface area contributed by atoms with Crippen LogP contribution in [0.5, 0.6) is 0 Å². The van der Waals surface area contributed by atoms with Crippen LogP contribution in [0.4, 0.5) is 0 Å². The van der Waals surface area contributed by atoms with E-state index >= 15 is 0 Å². The third-order valence-electron chi connectivity index (χ3n) is 3.41. The minimum atomic E-state index is 0.336. The van der Waals surface area contributed by atoms with E-state index < -0.39 is 0 Å². The minimum Gasteiger partial charge on any atom is -0.303 e. The highest BCUT2D eigenvalue weighted by Gasteiger charge is 2.15. The highest BCUT2D eigenvalue weighted by molar-refractivity contribution is 7.11. The third kappa shape index (κ3) is 3.43. The number of thiazole rings is 1. The van der Waals surface area contributed by atoms with E-state index in [1.807, 2.05) is 0 Å². The monoisotopic (exact) mass is 274 g/mol. The molecule has 0 saturated heterocycles. The van der Waals surface area contributed by atoms with Gasteiger partial charge in [-0.3, -0.25) is 0 Å². The molecule has 1 aromatic heterocycles. The Morgan fingerprint density at radius 2 is 1.63 bits per heavy atom. The van der Waals surface area contributed by atoms with Crippen molar-refractivity contribution in [1.82, 2.24) is 10.3 Å². The standard InChI is InChI=1S/C16H22N2S/c1-10-6-8-15(9-7-10)11(2)17-12(3)16-13(4)18-14(5)19-16/h6-9,11-12,17H,1-5H3/t11-,12?/m0/s1. The predicted molar refractivity (Wildman–Crippen MR) is 82.7 cm³/mol. The molecule has 2 aromatic rings. The molecule has 19 heavy (non-hydrogen) atoms. The van der Waals surface area contributed by atoms with E-state index in [1.54, 1.807) is 11.3 Å². The Labute approximate surface area is 119 Å². The molecule has 1 heterocycles. The number of aromatic nitrogens is 1. The lowest BCUT2D eigenvalue weighted by atomic mass is 10.1. The lowest BCUT2D eigenvalue weighted by Crippen LogP contribution is -2.22. The fourth-order valence-electron chi connectivity index (χ4n) is 2.35. The van der Waals surface area contributed by atoms with E-state index in [9.17, 15) is 0 Å². The summed E-state index contributed by atoms with van der Waals surface area (Å²) in [4.78, 5) is 5.85. The Kier molecular flexibility index (Phi) is 4.38. The molecule has 0 aliphatic carbocycles. The second kappa shape index (κ2) is 5.85. The summed E-state index contributed by atoms with van der Waals surface area (Å²) in [7, 11) is 0. The number of rotatable bonds is 4. The number of nitrogens with zero attached hydrogens (tertiary/aromatic N) is 1. The van der Waals surface area contributed by atoms with Gasteiger partial charge in [-0.05, 0) is 40.2 Å². The van der Waals surface area contributed by atoms with Gasteiger partial charge in [-0.1, -0.05) is 29.8 Å². The van der Waals surface area contributed by atoms with Gasteiger partial charge in [-0.15, -0.1) is 11.3 Å². The second-order valence-corrected chi connectivity index (χ2v) is 6.44. The zero-order chi connectivity index (χ0) is 14.0. The van der Waals surface area contributed by atoms with Crippen molar-refractivity contribution < 1.29 is 0 Å². The molecule has 0 aliphatic rings. The third-order valence-corrected chi connectivity index (χ3v) is 4.67. The Bertz CT molecular complexity index is 542. The van der Waals surface area contributed by atoms with Gasteiger partial charge in [-0.2, -0.15) is 0 Å². The molecule has 0 fully saturated rings. The van der Waals surface area contributed by atoms with Crippen molar-refractivity contribution in [1.29, 1.82) is 0 Å². The molecule has 0 aliphatic heterocycles. The summed E-state index contributed by atoms with van der Waals surface area (Å²) in [6.07, 6.45) is 0. The van der Waals surface area contributed by atoms with Gasteiger partial charge >= 0.3 is 0 Å². The van der Waals surface area contributed by atoms with Crippen LogP contribution in [-0.4, -0.2) is 4.98 Å². The number of hydrogen-bond acceptors (Lipinski definition) is 3. The highest BCUT2D eigenvalue weighted by Crippen LogP contribution is 2.26. The van der Waals surface area contributed by atoms with Crippen molar-refractivity contribution in [2.24, 2.45) is 0 Å². The molecule has 2 atom stereocenters. The second-order valence-electron chi connectivity index (χ2n) is 5.20. The quantitative estimate of drug-likeness (QED) is 0.889. The maximum absolute atomic E-state index is 4.50. The summed E-state index contributed by atoms with van der Waals surface area (Å²) in [5, 5.41) is 4.80. The largest absolute Gasteiger partial charge is 0.303 e. The van der Waals surface area contributed by atoms with Gasteiger partial charge < -0.3 is 5.32 Å². The van der Waals surface area contributed by atoms with Crippen LogP contribution in [0.15, 0.2) is 24.3 Å². The Morgan fingerprint density at radius 3 is 2.16 bits per heavy atom. The maximum atomic E-state index is 4.50. The fraction of sp³-hybridized carbons (Fsp3) is 0.438. The van der Waals surface area contributed by atoms with Gasteiger partial charge in [0.2, 0.25) is 0 Å². The molecule has 1 aromatic carbocycles. The Morgan fingerprint density at radius 1 is 1.00 bits per heavy atom. The van der Waals surface area contributed by atoms with Crippen molar-refractivity contribution in [2.75, 3.05) is 0 Å². The molecule has 0 amide bonds. The normalized spacial score (nSPS) is 14.4. The molecule has 2 nitrogen and oxygen atoms in total. The number of nitrogens with one attached hydrogen (secondary N) is 1. The minimum absolute atomic E-state index is 0.336. The van der Waals surface area contributed by atoms with Crippen molar-refractivity contribution in [2.45, 2.75) is 46.7 Å². The molecule has 0 spiro atoms. The first-order valence-corrected chi connectivity index (χ1v) is 7.55. The maximum Gasteiger partial charge on any atom is 0.0900 e. The Balaban J connectivity index is 2.08. The number of aryl methyl sites for hydroxylation is 3. The lowest BCUT2D eigenvalue weighted by molar-refractivity contribution is 0.498. The fourth-order valence-corrected chi connectivity index (χ4v) is 3.29. The van der Waals surface area contributed by atoms with Crippen molar-refractivity contribution in [3.63, 3.8) is 0 Å². The van der Waals surface area contributed by atoms with Crippen LogP contribution in [0.25, 0.3) is 0 Å². The van der Waals surface area contributed by atoms with E-state index in [0.717, 1.165) is 10.7 Å². The van der Waals surface area contributed by atoms with Gasteiger partial charge in [0.05, 0.1) is 10.7 Å². The first kappa shape index (κ1) is 14.2. The number of benzene rings is 1. The van der Waals surface area contributed by atoms with E-state index in [2.05, 4.69) is 69.2 Å². The van der Waals surface area contributed by atoms with Gasteiger partial charge in [0, 0.05) is 17.0 Å². The average Bonchev–Trinajstić information content (AvgIpc) is 2.69. The van der Waals surface area contributed by atoms with Gasteiger partial charge in [0.25, 0.3) is 0 Å².